The van der Waals surface area contributed by atoms with Gasteiger partial charge in [0.05, 0.1) is 10.9 Å². The zero-order valence-corrected chi connectivity index (χ0v) is 18.5. The highest BCUT2D eigenvalue weighted by molar-refractivity contribution is 7.89. The third kappa shape index (κ3) is 3.33. The zero-order valence-electron chi connectivity index (χ0n) is 17.7. The summed E-state index contributed by atoms with van der Waals surface area (Å²) < 4.78 is 35.1. The van der Waals surface area contributed by atoms with Crippen molar-refractivity contribution in [3.63, 3.8) is 0 Å². The van der Waals surface area contributed by atoms with Crippen LogP contribution in [-0.4, -0.2) is 30.4 Å². The van der Waals surface area contributed by atoms with Gasteiger partial charge in [0.2, 0.25) is 10.0 Å². The van der Waals surface area contributed by atoms with Crippen molar-refractivity contribution < 1.29 is 13.2 Å². The van der Waals surface area contributed by atoms with Gasteiger partial charge < -0.3 is 4.74 Å². The number of rotatable bonds is 5. The Morgan fingerprint density at radius 1 is 1.22 bits per heavy atom. The van der Waals surface area contributed by atoms with E-state index in [-0.39, 0.29) is 17.7 Å². The summed E-state index contributed by atoms with van der Waals surface area (Å²) in [6.45, 7) is 18.1. The average molecular weight is 392 g/mol. The number of hydrogen-bond donors (Lipinski definition) is 0. The van der Waals surface area contributed by atoms with E-state index >= 15 is 0 Å². The molecule has 3 atom stereocenters. The van der Waals surface area contributed by atoms with Crippen molar-refractivity contribution in [2.75, 3.05) is 0 Å². The number of hydrogen-bond acceptors (Lipinski definition) is 3. The molecule has 5 heteroatoms. The largest absolute Gasteiger partial charge is 0.487 e. The molecule has 0 spiro atoms. The second-order valence-electron chi connectivity index (χ2n) is 9.13. The molecule has 0 N–H and O–H groups in total. The van der Waals surface area contributed by atoms with Crippen LogP contribution in [0.1, 0.15) is 62.8 Å². The van der Waals surface area contributed by atoms with Crippen molar-refractivity contribution >= 4 is 10.0 Å². The second kappa shape index (κ2) is 6.63. The minimum absolute atomic E-state index is 0.0258. The number of benzene rings is 1. The zero-order chi connectivity index (χ0) is 20.3. The predicted molar refractivity (Wildman–Crippen MR) is 110 cm³/mol. The fraction of sp³-hybridized carbons (Fsp3) is 0.636. The molecule has 1 unspecified atom stereocenters. The minimum Gasteiger partial charge on any atom is -0.487 e. The smallest absolute Gasteiger partial charge is 0.244 e. The molecule has 0 amide bonds. The molecule has 0 bridgehead atoms. The van der Waals surface area contributed by atoms with Gasteiger partial charge in [-0.25, -0.2) is 8.42 Å². The third-order valence-corrected chi connectivity index (χ3v) is 8.28. The van der Waals surface area contributed by atoms with Crippen molar-refractivity contribution in [2.24, 2.45) is 5.92 Å². The fourth-order valence-electron chi connectivity index (χ4n) is 4.44. The molecule has 150 valence electrons. The topological polar surface area (TPSA) is 46.4 Å². The van der Waals surface area contributed by atoms with Gasteiger partial charge in [0.1, 0.15) is 11.4 Å². The Kier molecular flexibility index (Phi) is 5.01. The van der Waals surface area contributed by atoms with E-state index in [1.807, 2.05) is 20.8 Å². The van der Waals surface area contributed by atoms with E-state index < -0.39 is 10.0 Å². The van der Waals surface area contributed by atoms with Gasteiger partial charge in [-0.3, -0.25) is 0 Å². The summed E-state index contributed by atoms with van der Waals surface area (Å²) in [5.74, 6) is 1.32. The molecule has 2 aliphatic rings. The molecule has 0 aliphatic carbocycles. The van der Waals surface area contributed by atoms with Crippen LogP contribution in [0.3, 0.4) is 0 Å². The van der Waals surface area contributed by atoms with Crippen molar-refractivity contribution in [1.82, 2.24) is 4.31 Å². The van der Waals surface area contributed by atoms with Crippen LogP contribution in [0.4, 0.5) is 0 Å². The SMILES string of the molecule is C=C[C@H]1[C@H](CC(C)C)N1S(=O)(=O)c1c(C)c(C)c2c(c1C)CCC(C)(C)O2. The van der Waals surface area contributed by atoms with Gasteiger partial charge in [0, 0.05) is 6.04 Å². The molecule has 3 rings (SSSR count). The lowest BCUT2D eigenvalue weighted by atomic mass is 9.88. The van der Waals surface area contributed by atoms with Gasteiger partial charge in [-0.15, -0.1) is 6.58 Å². The van der Waals surface area contributed by atoms with Crippen LogP contribution in [0.25, 0.3) is 0 Å². The normalized spacial score (nSPS) is 26.4. The Bertz CT molecular complexity index is 884. The molecule has 27 heavy (non-hydrogen) atoms. The van der Waals surface area contributed by atoms with E-state index in [4.69, 9.17) is 4.74 Å². The van der Waals surface area contributed by atoms with Crippen LogP contribution in [0.15, 0.2) is 17.6 Å². The molecule has 1 saturated heterocycles. The van der Waals surface area contributed by atoms with Gasteiger partial charge in [-0.05, 0) is 82.1 Å². The monoisotopic (exact) mass is 391 g/mol. The van der Waals surface area contributed by atoms with Crippen LogP contribution in [0.5, 0.6) is 5.75 Å². The summed E-state index contributed by atoms with van der Waals surface area (Å²) in [7, 11) is -3.56. The van der Waals surface area contributed by atoms with Gasteiger partial charge in [0.15, 0.2) is 0 Å². The van der Waals surface area contributed by atoms with Crippen molar-refractivity contribution in [2.45, 2.75) is 90.3 Å². The molecule has 0 saturated carbocycles. The van der Waals surface area contributed by atoms with Crippen LogP contribution in [-0.2, 0) is 16.4 Å². The first kappa shape index (κ1) is 20.4. The fourth-order valence-corrected chi connectivity index (χ4v) is 6.76. The molecule has 0 aromatic heterocycles. The molecule has 1 aromatic carbocycles. The average Bonchev–Trinajstić information content (AvgIpc) is 3.24. The predicted octanol–water partition coefficient (Wildman–Crippen LogP) is 4.69. The molecule has 2 heterocycles. The van der Waals surface area contributed by atoms with Crippen LogP contribution >= 0.6 is 0 Å². The highest BCUT2D eigenvalue weighted by Gasteiger charge is 2.54. The Hall–Kier alpha value is -1.33. The van der Waals surface area contributed by atoms with E-state index in [0.29, 0.717) is 10.8 Å². The first-order valence-corrected chi connectivity index (χ1v) is 11.3. The molecular formula is C22H33NO3S. The quantitative estimate of drug-likeness (QED) is 0.540. The number of sulfonamides is 1. The number of ether oxygens (including phenoxy) is 1. The molecule has 1 aromatic rings. The first-order chi connectivity index (χ1) is 12.4. The summed E-state index contributed by atoms with van der Waals surface area (Å²) in [5, 5.41) is 0. The molecule has 4 nitrogen and oxygen atoms in total. The van der Waals surface area contributed by atoms with E-state index in [0.717, 1.165) is 47.3 Å². The van der Waals surface area contributed by atoms with Crippen molar-refractivity contribution in [3.8, 4) is 5.75 Å². The number of nitrogens with zero attached hydrogens (tertiary/aromatic N) is 1. The maximum atomic E-state index is 13.6. The van der Waals surface area contributed by atoms with E-state index in [2.05, 4.69) is 34.3 Å². The molecule has 2 aliphatic heterocycles. The lowest BCUT2D eigenvalue weighted by Gasteiger charge is -2.35. The van der Waals surface area contributed by atoms with Crippen molar-refractivity contribution in [1.29, 1.82) is 0 Å². The summed E-state index contributed by atoms with van der Waals surface area (Å²) in [5.41, 5.74) is 3.43. The van der Waals surface area contributed by atoms with E-state index in [9.17, 15) is 8.42 Å². The highest BCUT2D eigenvalue weighted by Crippen LogP contribution is 2.46. The van der Waals surface area contributed by atoms with Gasteiger partial charge in [-0.1, -0.05) is 19.9 Å². The molecule has 0 radical (unpaired) electrons. The lowest BCUT2D eigenvalue weighted by Crippen LogP contribution is -2.34. The summed E-state index contributed by atoms with van der Waals surface area (Å²) in [6, 6.07) is -0.0689. The van der Waals surface area contributed by atoms with Gasteiger partial charge in [0.25, 0.3) is 0 Å². The van der Waals surface area contributed by atoms with E-state index in [1.165, 1.54) is 0 Å². The molecule has 1 fully saturated rings. The van der Waals surface area contributed by atoms with Crippen molar-refractivity contribution in [3.05, 3.63) is 34.9 Å². The molecular weight excluding hydrogens is 358 g/mol. The second-order valence-corrected chi connectivity index (χ2v) is 10.9. The Morgan fingerprint density at radius 2 is 1.85 bits per heavy atom. The summed E-state index contributed by atoms with van der Waals surface area (Å²) in [4.78, 5) is 0.472. The van der Waals surface area contributed by atoms with Gasteiger partial charge >= 0.3 is 0 Å². The first-order valence-electron chi connectivity index (χ1n) is 9.90. The standard InChI is InChI=1S/C22H33NO3S/c1-9-18-19(12-13(2)3)23(18)27(24,25)21-15(5)14(4)20-17(16(21)6)10-11-22(7,8)26-20/h9,13,18-19H,1,10-12H2,2-8H3/t18-,19-,23?/m0/s1. The Morgan fingerprint density at radius 3 is 2.41 bits per heavy atom. The van der Waals surface area contributed by atoms with Gasteiger partial charge in [-0.2, -0.15) is 4.31 Å². The van der Waals surface area contributed by atoms with E-state index in [1.54, 1.807) is 10.4 Å². The van der Waals surface area contributed by atoms with Crippen LogP contribution in [0, 0.1) is 26.7 Å². The highest BCUT2D eigenvalue weighted by atomic mass is 32.2. The van der Waals surface area contributed by atoms with Crippen LogP contribution < -0.4 is 4.74 Å². The summed E-state index contributed by atoms with van der Waals surface area (Å²) in [6.07, 6.45) is 4.36. The third-order valence-electron chi connectivity index (χ3n) is 6.08. The Balaban J connectivity index is 2.10. The van der Waals surface area contributed by atoms with Crippen LogP contribution in [0.2, 0.25) is 0 Å². The maximum Gasteiger partial charge on any atom is 0.244 e. The lowest BCUT2D eigenvalue weighted by molar-refractivity contribution is 0.0832. The number of fused-ring (bicyclic) bond motifs is 1. The maximum absolute atomic E-state index is 13.6. The Labute approximate surface area is 164 Å². The minimum atomic E-state index is -3.56. The summed E-state index contributed by atoms with van der Waals surface area (Å²) >= 11 is 0.